The second-order valence-corrected chi connectivity index (χ2v) is 7.37. The summed E-state index contributed by atoms with van der Waals surface area (Å²) in [4.78, 5) is 28.2. The molecule has 0 aromatic heterocycles. The number of ether oxygens (including phenoxy) is 1. The van der Waals surface area contributed by atoms with Crippen LogP contribution in [0.15, 0.2) is 30.3 Å². The van der Waals surface area contributed by atoms with Crippen molar-refractivity contribution in [2.45, 2.75) is 51.0 Å². The number of likely N-dealkylation sites (tertiary alicyclic amines) is 2. The van der Waals surface area contributed by atoms with E-state index in [2.05, 4.69) is 36.1 Å². The highest BCUT2D eigenvalue weighted by molar-refractivity contribution is 5.78. The molecule has 136 valence electrons. The van der Waals surface area contributed by atoms with Crippen LogP contribution in [0, 0.1) is 0 Å². The smallest absolute Gasteiger partial charge is 0.409 e. The molecule has 1 aromatic rings. The second kappa shape index (κ2) is 7.46. The molecule has 0 bridgehead atoms. The molecule has 2 heterocycles. The second-order valence-electron chi connectivity index (χ2n) is 7.37. The molecule has 0 saturated carbocycles. The lowest BCUT2D eigenvalue weighted by Gasteiger charge is -2.46. The number of hydrogen-bond donors (Lipinski definition) is 0. The fraction of sp³-hybridized carbons (Fsp3) is 0.600. The van der Waals surface area contributed by atoms with Gasteiger partial charge in [-0.05, 0) is 31.7 Å². The Kier molecular flexibility index (Phi) is 5.30. The van der Waals surface area contributed by atoms with Crippen molar-refractivity contribution in [3.8, 4) is 0 Å². The van der Waals surface area contributed by atoms with Crippen LogP contribution in [0.25, 0.3) is 0 Å². The molecule has 2 aliphatic heterocycles. The lowest BCUT2D eigenvalue weighted by molar-refractivity contribution is -0.139. The van der Waals surface area contributed by atoms with E-state index in [0.29, 0.717) is 26.1 Å². The molecule has 5 heteroatoms. The first-order valence-corrected chi connectivity index (χ1v) is 9.30. The molecule has 1 aromatic carbocycles. The predicted octanol–water partition coefficient (Wildman–Crippen LogP) is 3.19. The van der Waals surface area contributed by atoms with Crippen molar-refractivity contribution < 1.29 is 14.3 Å². The number of benzene rings is 1. The summed E-state index contributed by atoms with van der Waals surface area (Å²) in [5, 5.41) is 0. The van der Waals surface area contributed by atoms with Gasteiger partial charge in [0, 0.05) is 37.5 Å². The van der Waals surface area contributed by atoms with Crippen LogP contribution in [0.3, 0.4) is 0 Å². The van der Waals surface area contributed by atoms with E-state index >= 15 is 0 Å². The Balaban J connectivity index is 1.66. The number of amides is 2. The van der Waals surface area contributed by atoms with E-state index in [-0.39, 0.29) is 23.5 Å². The molecule has 2 amide bonds. The first-order chi connectivity index (χ1) is 12.0. The van der Waals surface area contributed by atoms with Crippen molar-refractivity contribution in [2.24, 2.45) is 0 Å². The Hall–Kier alpha value is -2.04. The third kappa shape index (κ3) is 3.80. The summed E-state index contributed by atoms with van der Waals surface area (Å²) in [5.74, 6) is 0.253. The zero-order valence-electron chi connectivity index (χ0n) is 15.2. The highest BCUT2D eigenvalue weighted by Gasteiger charge is 2.40. The maximum Gasteiger partial charge on any atom is 0.409 e. The van der Waals surface area contributed by atoms with Crippen molar-refractivity contribution in [1.29, 1.82) is 0 Å². The van der Waals surface area contributed by atoms with Crippen molar-refractivity contribution in [3.05, 3.63) is 35.9 Å². The Morgan fingerprint density at radius 2 is 1.92 bits per heavy atom. The molecule has 3 rings (SSSR count). The van der Waals surface area contributed by atoms with Crippen molar-refractivity contribution >= 4 is 12.0 Å². The topological polar surface area (TPSA) is 49.9 Å². The third-order valence-electron chi connectivity index (χ3n) is 5.63. The van der Waals surface area contributed by atoms with Gasteiger partial charge in [0.05, 0.1) is 6.61 Å². The summed E-state index contributed by atoms with van der Waals surface area (Å²) in [5.41, 5.74) is 1.31. The van der Waals surface area contributed by atoms with Gasteiger partial charge in [-0.3, -0.25) is 4.79 Å². The van der Waals surface area contributed by atoms with Gasteiger partial charge in [0.15, 0.2) is 0 Å². The van der Waals surface area contributed by atoms with Gasteiger partial charge >= 0.3 is 6.09 Å². The summed E-state index contributed by atoms with van der Waals surface area (Å²) >= 11 is 0. The average Bonchev–Trinajstić information content (AvgIpc) is 2.65. The van der Waals surface area contributed by atoms with Gasteiger partial charge in [0.2, 0.25) is 5.91 Å². The van der Waals surface area contributed by atoms with Gasteiger partial charge in [-0.2, -0.15) is 0 Å². The number of carbonyl (C=O) groups excluding carboxylic acids is 2. The van der Waals surface area contributed by atoms with Crippen LogP contribution in [0.4, 0.5) is 4.79 Å². The number of hydrogen-bond acceptors (Lipinski definition) is 3. The molecule has 5 nitrogen and oxygen atoms in total. The zero-order valence-corrected chi connectivity index (χ0v) is 15.2. The minimum Gasteiger partial charge on any atom is -0.450 e. The minimum absolute atomic E-state index is 0.00739. The van der Waals surface area contributed by atoms with Crippen LogP contribution >= 0.6 is 0 Å². The molecule has 0 N–H and O–H groups in total. The minimum atomic E-state index is -0.236. The summed E-state index contributed by atoms with van der Waals surface area (Å²) in [6, 6.07) is 10.7. The maximum absolute atomic E-state index is 12.6. The van der Waals surface area contributed by atoms with Crippen molar-refractivity contribution in [1.82, 2.24) is 9.80 Å². The van der Waals surface area contributed by atoms with Crippen LogP contribution < -0.4 is 0 Å². The van der Waals surface area contributed by atoms with Gasteiger partial charge in [-0.25, -0.2) is 4.79 Å². The first-order valence-electron chi connectivity index (χ1n) is 9.30. The molecule has 25 heavy (non-hydrogen) atoms. The predicted molar refractivity (Wildman–Crippen MR) is 96.4 cm³/mol. The van der Waals surface area contributed by atoms with E-state index in [1.807, 2.05) is 13.0 Å². The highest BCUT2D eigenvalue weighted by atomic mass is 16.6. The fourth-order valence-electron chi connectivity index (χ4n) is 4.05. The largest absolute Gasteiger partial charge is 0.450 e. The van der Waals surface area contributed by atoms with E-state index in [1.54, 1.807) is 4.90 Å². The molecule has 2 saturated heterocycles. The number of carbonyl (C=O) groups is 2. The maximum atomic E-state index is 12.6. The summed E-state index contributed by atoms with van der Waals surface area (Å²) in [7, 11) is 0. The Morgan fingerprint density at radius 3 is 2.56 bits per heavy atom. The standard InChI is InChI=1S/C20H28N2O3/c1-3-25-19(24)21-13-10-17(11-14-21)22-15-20(2,12-9-18(22)23)16-7-5-4-6-8-16/h4-8,17H,3,9-15H2,1-2H3/t20-/m1/s1. The lowest BCUT2D eigenvalue weighted by atomic mass is 9.75. The normalized spacial score (nSPS) is 25.1. The summed E-state index contributed by atoms with van der Waals surface area (Å²) < 4.78 is 5.08. The monoisotopic (exact) mass is 344 g/mol. The molecular weight excluding hydrogens is 316 g/mol. The first kappa shape index (κ1) is 17.8. The third-order valence-corrected chi connectivity index (χ3v) is 5.63. The molecule has 2 fully saturated rings. The molecule has 2 aliphatic rings. The molecule has 0 radical (unpaired) electrons. The quantitative estimate of drug-likeness (QED) is 0.846. The zero-order chi connectivity index (χ0) is 17.9. The van der Waals surface area contributed by atoms with Crippen LogP contribution in [-0.2, 0) is 14.9 Å². The van der Waals surface area contributed by atoms with Gasteiger partial charge in [-0.15, -0.1) is 0 Å². The lowest BCUT2D eigenvalue weighted by Crippen LogP contribution is -2.55. The average molecular weight is 344 g/mol. The number of rotatable bonds is 3. The molecule has 0 unspecified atom stereocenters. The van der Waals surface area contributed by atoms with Gasteiger partial charge < -0.3 is 14.5 Å². The Labute approximate surface area is 149 Å². The molecular formula is C20H28N2O3. The number of nitrogens with zero attached hydrogens (tertiary/aromatic N) is 2. The Bertz CT molecular complexity index is 611. The summed E-state index contributed by atoms with van der Waals surface area (Å²) in [6.45, 7) is 6.57. The van der Waals surface area contributed by atoms with E-state index in [0.717, 1.165) is 25.8 Å². The van der Waals surface area contributed by atoms with Crippen LogP contribution in [0.1, 0.15) is 45.1 Å². The SMILES string of the molecule is CCOC(=O)N1CCC(N2C[C@](C)(c3ccccc3)CCC2=O)CC1. The van der Waals surface area contributed by atoms with Gasteiger partial charge in [0.1, 0.15) is 0 Å². The Morgan fingerprint density at radius 1 is 1.24 bits per heavy atom. The van der Waals surface area contributed by atoms with Gasteiger partial charge in [-0.1, -0.05) is 37.3 Å². The van der Waals surface area contributed by atoms with Crippen LogP contribution in [0.5, 0.6) is 0 Å². The van der Waals surface area contributed by atoms with Gasteiger partial charge in [0.25, 0.3) is 0 Å². The van der Waals surface area contributed by atoms with Crippen molar-refractivity contribution in [2.75, 3.05) is 26.2 Å². The van der Waals surface area contributed by atoms with E-state index < -0.39 is 0 Å². The van der Waals surface area contributed by atoms with Crippen LogP contribution in [0.2, 0.25) is 0 Å². The molecule has 0 spiro atoms. The van der Waals surface area contributed by atoms with E-state index in [4.69, 9.17) is 4.74 Å². The number of piperidine rings is 2. The van der Waals surface area contributed by atoms with Crippen molar-refractivity contribution in [3.63, 3.8) is 0 Å². The summed E-state index contributed by atoms with van der Waals surface area (Å²) in [6.07, 6.45) is 2.92. The fourth-order valence-corrected chi connectivity index (χ4v) is 4.05. The van der Waals surface area contributed by atoms with Crippen LogP contribution in [-0.4, -0.2) is 54.1 Å². The molecule has 0 aliphatic carbocycles. The molecule has 1 atom stereocenters. The van der Waals surface area contributed by atoms with E-state index in [9.17, 15) is 9.59 Å². The van der Waals surface area contributed by atoms with E-state index in [1.165, 1.54) is 5.56 Å². The highest BCUT2D eigenvalue weighted by Crippen LogP contribution is 2.36.